The fourth-order valence-corrected chi connectivity index (χ4v) is 2.27. The van der Waals surface area contributed by atoms with Gasteiger partial charge >= 0.3 is 63.2 Å². The molecule has 0 fully saturated rings. The summed E-state index contributed by atoms with van der Waals surface area (Å²) in [6.07, 6.45) is 10.3. The minimum Gasteiger partial charge on any atom is -1.00 e. The number of nitrogens with zero attached hydrogens (tertiary/aromatic N) is 9. The molecule has 0 atom stereocenters. The Morgan fingerprint density at radius 2 is 0.542 bits per heavy atom. The normalized spacial score (nSPS) is 6.75. The maximum atomic E-state index is 8.36. The van der Waals surface area contributed by atoms with Crippen LogP contribution in [0.2, 0.25) is 0 Å². The fourth-order valence-electron chi connectivity index (χ4n) is 2.27. The van der Waals surface area contributed by atoms with Crippen molar-refractivity contribution >= 4 is 0 Å². The Kier molecular flexibility index (Phi) is 76.3. The number of hydrogen-bond donors (Lipinski definition) is 9. The molecule has 0 bridgehead atoms. The number of aromatic nitrogens is 6. The number of pyridine rings is 3. The van der Waals surface area contributed by atoms with Crippen molar-refractivity contribution in [2.75, 3.05) is 0 Å². The zero-order valence-corrected chi connectivity index (χ0v) is 33.2. The summed E-state index contributed by atoms with van der Waals surface area (Å²) in [6.45, 7) is 0. The maximum Gasteiger partial charge on any atom is 2.00 e. The van der Waals surface area contributed by atoms with Gasteiger partial charge in [-0.1, -0.05) is 0 Å². The fraction of sp³-hybridized carbons (Fsp3) is 0. The first-order valence-electron chi connectivity index (χ1n) is 9.07. The van der Waals surface area contributed by atoms with Gasteiger partial charge in [0, 0.05) is 53.9 Å². The second-order valence-electron chi connectivity index (χ2n) is 5.73. The first kappa shape index (κ1) is 79.9. The number of rotatable bonds is 3. The van der Waals surface area contributed by atoms with E-state index in [-0.39, 0.29) is 137 Å². The van der Waals surface area contributed by atoms with Gasteiger partial charge in [0.2, 0.25) is 0 Å². The van der Waals surface area contributed by atoms with Crippen LogP contribution in [0.4, 0.5) is 0 Å². The Hall–Kier alpha value is -3.25. The van der Waals surface area contributed by atoms with E-state index < -0.39 is 15.3 Å². The van der Waals surface area contributed by atoms with Crippen LogP contribution in [0.15, 0.2) is 73.6 Å². The van der Waals surface area contributed by atoms with Gasteiger partial charge in [-0.25, -0.2) is 15.0 Å². The van der Waals surface area contributed by atoms with E-state index in [9.17, 15) is 0 Å². The third-order valence-corrected chi connectivity index (χ3v) is 3.45. The molecule has 24 nitrogen and oxygen atoms in total. The van der Waals surface area contributed by atoms with Gasteiger partial charge < -0.3 is 89.7 Å². The topological polar surface area (TPSA) is 477 Å². The van der Waals surface area contributed by atoms with Crippen LogP contribution in [-0.2, 0) is 63.2 Å². The van der Waals surface area contributed by atoms with Crippen molar-refractivity contribution in [1.82, 2.24) is 66.8 Å². The molecule has 282 valence electrons. The zero-order valence-electron chi connectivity index (χ0n) is 24.1. The molecule has 4 rings (SSSR count). The van der Waals surface area contributed by atoms with Crippen molar-refractivity contribution in [2.24, 2.45) is 0 Å². The van der Waals surface area contributed by atoms with E-state index in [0.717, 1.165) is 16.7 Å². The predicted octanol–water partition coefficient (Wildman–Crippen LogP) is -6.01. The molecule has 0 amide bonds. The molecule has 21 N–H and O–H groups in total. The summed E-state index contributed by atoms with van der Waals surface area (Å²) >= 11 is 0. The van der Waals surface area contributed by atoms with E-state index in [2.05, 4.69) is 29.9 Å². The number of hydrogen-bond acceptors (Lipinski definition) is 18. The zero-order chi connectivity index (χ0) is 26.9. The van der Waals surface area contributed by atoms with Gasteiger partial charge in [-0.05, 0) is 36.4 Å². The van der Waals surface area contributed by atoms with Crippen LogP contribution in [-0.4, -0.2) is 60.8 Å². The maximum absolute atomic E-state index is 8.36. The van der Waals surface area contributed by atoms with Gasteiger partial charge in [0.1, 0.15) is 0 Å². The molecule has 4 aromatic rings. The molecular weight excluding hydrogens is 1260 g/mol. The van der Waals surface area contributed by atoms with Crippen LogP contribution < -0.4 is 74.1 Å². The van der Waals surface area contributed by atoms with E-state index in [1.54, 1.807) is 37.2 Å². The van der Waals surface area contributed by atoms with Crippen molar-refractivity contribution in [1.29, 1.82) is 0 Å². The Labute approximate surface area is 334 Å². The molecule has 0 saturated carbocycles. The van der Waals surface area contributed by atoms with Crippen LogP contribution in [0.5, 0.6) is 0 Å². The molecule has 4 aromatic heterocycles. The van der Waals surface area contributed by atoms with Crippen molar-refractivity contribution in [3.63, 3.8) is 0 Å². The number of halogens is 3. The molecule has 4 heterocycles. The van der Waals surface area contributed by atoms with Crippen molar-refractivity contribution in [3.8, 4) is 34.2 Å². The molecule has 0 aliphatic heterocycles. The Balaban J connectivity index is -0.0000000479. The average Bonchev–Trinajstić information content (AvgIpc) is 2.84. The second-order valence-corrected chi connectivity index (χ2v) is 5.73. The first-order chi connectivity index (χ1) is 17.1. The van der Waals surface area contributed by atoms with Gasteiger partial charge in [0.05, 0.1) is 0 Å². The Morgan fingerprint density at radius 1 is 0.417 bits per heavy atom. The molecule has 48 heavy (non-hydrogen) atoms. The van der Waals surface area contributed by atoms with Crippen LogP contribution >= 0.6 is 0 Å². The van der Waals surface area contributed by atoms with E-state index in [0.29, 0.717) is 17.5 Å². The molecule has 0 saturated heterocycles. The average molecular weight is 1300 g/mol. The molecule has 30 heteroatoms. The molecule has 0 spiro atoms. The predicted molar refractivity (Wildman–Crippen MR) is 146 cm³/mol. The van der Waals surface area contributed by atoms with Crippen molar-refractivity contribution in [2.45, 2.75) is 0 Å². The summed E-state index contributed by atoms with van der Waals surface area (Å²) in [5.74, 6) is 1.81. The van der Waals surface area contributed by atoms with Gasteiger partial charge in [-0.2, -0.15) is 0 Å². The summed E-state index contributed by atoms with van der Waals surface area (Å²) in [7, 11) is 0. The van der Waals surface area contributed by atoms with Crippen LogP contribution in [0.25, 0.3) is 34.2 Å². The molecular formula is C18H33Cl3N15O9Pt3+3. The SMILES string of the molecule is N.N.N.N.N.N.O=[N+]([O-])O.O=[N+]([O-])O.O=[N+]([O-])O.[Cl-].[Cl-].[Cl-].[Pt+2].[Pt+2].[Pt+2].c1cc(-c2nc(-c3ccncc3)nc(-c3ccncc3)n2)ccn1. The summed E-state index contributed by atoms with van der Waals surface area (Å²) in [5.41, 5.74) is 2.66. The van der Waals surface area contributed by atoms with Gasteiger partial charge in [-0.3, -0.25) is 15.0 Å². The van der Waals surface area contributed by atoms with E-state index in [1.807, 2.05) is 36.4 Å². The second kappa shape index (κ2) is 45.9. The van der Waals surface area contributed by atoms with Crippen LogP contribution in [0, 0.1) is 30.3 Å². The van der Waals surface area contributed by atoms with Crippen LogP contribution in [0.3, 0.4) is 0 Å². The molecule has 0 radical (unpaired) electrons. The van der Waals surface area contributed by atoms with E-state index >= 15 is 0 Å². The summed E-state index contributed by atoms with van der Waals surface area (Å²) in [6, 6.07) is 11.3. The Bertz CT molecular complexity index is 1110. The summed E-state index contributed by atoms with van der Waals surface area (Å²) in [4.78, 5) is 51.0. The van der Waals surface area contributed by atoms with Gasteiger partial charge in [0.15, 0.2) is 17.5 Å². The largest absolute Gasteiger partial charge is 2.00 e. The quantitative estimate of drug-likeness (QED) is 0.0681. The third kappa shape index (κ3) is 37.2. The summed E-state index contributed by atoms with van der Waals surface area (Å²) < 4.78 is 0. The van der Waals surface area contributed by atoms with Crippen LogP contribution in [0.1, 0.15) is 0 Å². The minimum absolute atomic E-state index is 0. The minimum atomic E-state index is -1.50. The van der Waals surface area contributed by atoms with E-state index in [4.69, 9.17) is 46.0 Å². The molecule has 0 aliphatic carbocycles. The van der Waals surface area contributed by atoms with Crippen molar-refractivity contribution < 1.29 is 131 Å². The van der Waals surface area contributed by atoms with E-state index in [1.165, 1.54) is 0 Å². The Morgan fingerprint density at radius 3 is 0.667 bits per heavy atom. The molecule has 0 unspecified atom stereocenters. The summed E-state index contributed by atoms with van der Waals surface area (Å²) in [5, 5.41) is 40.9. The van der Waals surface area contributed by atoms with Gasteiger partial charge in [-0.15, -0.1) is 30.3 Å². The first-order valence-corrected chi connectivity index (χ1v) is 9.07. The molecule has 0 aliphatic rings. The standard InChI is InChI=1S/C18H12N6.3ClH.3HNO3.6H3N.3Pt/c1-7-19-8-2-13(1)16-22-17(14-3-9-20-10-4-14)24-18(23-16)15-5-11-21-12-6-15;;;;3*2-1(3)4;;;;;;;;;/h1-12H;3*1H;3*(H,2,3,4);6*1H3;;;/q;;;;;;;;;;;;;3*+2/p-3. The van der Waals surface area contributed by atoms with Gasteiger partial charge in [0.25, 0.3) is 15.3 Å². The molecule has 0 aromatic carbocycles. The van der Waals surface area contributed by atoms with Crippen molar-refractivity contribution in [3.05, 3.63) is 104 Å². The monoisotopic (exact) mass is 1290 g/mol. The third-order valence-electron chi connectivity index (χ3n) is 3.45. The smallest absolute Gasteiger partial charge is 1.00 e.